The molecule has 290 valence electrons. The van der Waals surface area contributed by atoms with Gasteiger partial charge in [0.2, 0.25) is 6.10 Å². The van der Waals surface area contributed by atoms with Crippen molar-refractivity contribution in [3.63, 3.8) is 0 Å². The standard InChI is InChI=1S/C38H32O12S6/c1-15-17-19(41-5-3-39-17)29(51-15)31-21-23(45-9-7-43-21)33(53-31)35-25-27(49-13-11-47-25)37(55-35)38-28-26(48-12-14-50-28)36(56-38)34-24-22(44-8-10-46-24)32(54-34)30-20-18(16(2)52-30)40-4-6-42-20/h17,24H,3-14H2,1-2H3/q+2. The molecule has 0 aromatic carbocycles. The molecule has 0 saturated carbocycles. The molecule has 12 nitrogen and oxygen atoms in total. The van der Waals surface area contributed by atoms with Crippen LogP contribution in [0.5, 0.6) is 46.0 Å². The van der Waals surface area contributed by atoms with Gasteiger partial charge in [0.25, 0.3) is 16.7 Å². The van der Waals surface area contributed by atoms with Crippen molar-refractivity contribution in [2.75, 3.05) is 79.3 Å². The van der Waals surface area contributed by atoms with Crippen LogP contribution in [-0.2, 0) is 18.9 Å². The molecule has 0 amide bonds. The van der Waals surface area contributed by atoms with Gasteiger partial charge in [0.15, 0.2) is 56.5 Å². The molecular formula is C38H32O12S6+2. The maximum Gasteiger partial charge on any atom is 0.319 e. The van der Waals surface area contributed by atoms with E-state index in [9.17, 15) is 0 Å². The highest BCUT2D eigenvalue weighted by Gasteiger charge is 2.55. The Bertz CT molecular complexity index is 2330. The van der Waals surface area contributed by atoms with E-state index in [1.165, 1.54) is 0 Å². The summed E-state index contributed by atoms with van der Waals surface area (Å²) in [5.74, 6) is 7.43. The topological polar surface area (TPSA) is 111 Å². The number of aryl methyl sites for hydroxylation is 1. The van der Waals surface area contributed by atoms with Gasteiger partial charge in [-0.3, -0.25) is 0 Å². The summed E-state index contributed by atoms with van der Waals surface area (Å²) in [5.41, 5.74) is 0. The lowest BCUT2D eigenvalue weighted by atomic mass is 10.1. The Hall–Kier alpha value is -3.36. The van der Waals surface area contributed by atoms with Crippen molar-refractivity contribution in [3.8, 4) is 65.5 Å². The van der Waals surface area contributed by atoms with Crippen molar-refractivity contribution in [1.82, 2.24) is 0 Å². The zero-order valence-electron chi connectivity index (χ0n) is 30.0. The smallest absolute Gasteiger partial charge is 0.319 e. The largest absolute Gasteiger partial charge is 0.489 e. The summed E-state index contributed by atoms with van der Waals surface area (Å²) in [6, 6.07) is 0. The molecule has 8 aliphatic rings. The molecule has 18 heteroatoms. The summed E-state index contributed by atoms with van der Waals surface area (Å²) < 4.78 is 76.0. The van der Waals surface area contributed by atoms with E-state index < -0.39 is 6.10 Å². The maximum absolute atomic E-state index is 6.48. The third-order valence-corrected chi connectivity index (χ3v) is 17.8. The van der Waals surface area contributed by atoms with Crippen molar-refractivity contribution in [1.29, 1.82) is 0 Å². The van der Waals surface area contributed by atoms with Crippen molar-refractivity contribution in [2.24, 2.45) is 0 Å². The monoisotopic (exact) mass is 872 g/mol. The van der Waals surface area contributed by atoms with E-state index >= 15 is 0 Å². The molecule has 8 aliphatic heterocycles. The van der Waals surface area contributed by atoms with Crippen LogP contribution in [0.1, 0.15) is 26.4 Å². The number of fused-ring (bicyclic) bond motifs is 6. The molecule has 12 heterocycles. The molecule has 2 atom stereocenters. The van der Waals surface area contributed by atoms with Gasteiger partial charge in [-0.25, -0.2) is 0 Å². The first kappa shape index (κ1) is 34.7. The van der Waals surface area contributed by atoms with Crippen molar-refractivity contribution < 1.29 is 56.8 Å². The Morgan fingerprint density at radius 3 is 1.45 bits per heavy atom. The first-order valence-corrected chi connectivity index (χ1v) is 23.2. The first-order valence-electron chi connectivity index (χ1n) is 18.3. The van der Waals surface area contributed by atoms with Crippen LogP contribution < -0.4 is 37.9 Å². The minimum Gasteiger partial charge on any atom is -0.489 e. The van der Waals surface area contributed by atoms with E-state index in [2.05, 4.69) is 13.8 Å². The van der Waals surface area contributed by atoms with Crippen molar-refractivity contribution >= 4 is 78.7 Å². The zero-order valence-corrected chi connectivity index (χ0v) is 34.9. The average molecular weight is 873 g/mol. The van der Waals surface area contributed by atoms with E-state index in [1.807, 2.05) is 0 Å². The Balaban J connectivity index is 0.972. The van der Waals surface area contributed by atoms with Crippen LogP contribution in [-0.4, -0.2) is 91.5 Å². The third-order valence-electron chi connectivity index (χ3n) is 10.1. The second-order valence-corrected chi connectivity index (χ2v) is 20.0. The lowest BCUT2D eigenvalue weighted by Crippen LogP contribution is -2.28. The Kier molecular flexibility index (Phi) is 8.42. The molecule has 0 N–H and O–H groups in total. The second kappa shape index (κ2) is 13.6. The van der Waals surface area contributed by atoms with Gasteiger partial charge in [0, 0.05) is 16.6 Å². The van der Waals surface area contributed by atoms with Gasteiger partial charge in [-0.1, -0.05) is 11.3 Å². The fourth-order valence-electron chi connectivity index (χ4n) is 7.77. The van der Waals surface area contributed by atoms with Crippen LogP contribution >= 0.6 is 68.9 Å². The predicted molar refractivity (Wildman–Crippen MR) is 216 cm³/mol. The molecule has 56 heavy (non-hydrogen) atoms. The first-order chi connectivity index (χ1) is 27.6. The molecule has 4 aromatic heterocycles. The number of hydrogen-bond acceptors (Lipinski definition) is 18. The van der Waals surface area contributed by atoms with E-state index in [-0.39, 0.29) is 6.10 Å². The third kappa shape index (κ3) is 5.22. The van der Waals surface area contributed by atoms with Crippen LogP contribution in [0.25, 0.3) is 29.3 Å². The summed E-state index contributed by atoms with van der Waals surface area (Å²) in [7, 11) is 0. The van der Waals surface area contributed by atoms with E-state index in [0.717, 1.165) is 88.1 Å². The molecule has 2 saturated heterocycles. The summed E-state index contributed by atoms with van der Waals surface area (Å²) in [6.07, 6.45) is -0.560. The number of rotatable bonds is 5. The number of thiophene rings is 4. The lowest BCUT2D eigenvalue weighted by molar-refractivity contribution is -0.0266. The van der Waals surface area contributed by atoms with Crippen molar-refractivity contribution in [2.45, 2.75) is 26.1 Å². The van der Waals surface area contributed by atoms with E-state index in [4.69, 9.17) is 56.8 Å². The fraction of sp³-hybridized carbons (Fsp3) is 0.421. The quantitative estimate of drug-likeness (QED) is 0.179. The van der Waals surface area contributed by atoms with Gasteiger partial charge in [-0.2, -0.15) is 0 Å². The molecule has 12 rings (SSSR count). The Morgan fingerprint density at radius 1 is 0.411 bits per heavy atom. The molecular weight excluding hydrogens is 841 g/mol. The van der Waals surface area contributed by atoms with Gasteiger partial charge >= 0.3 is 5.75 Å². The molecule has 2 unspecified atom stereocenters. The van der Waals surface area contributed by atoms with Crippen LogP contribution in [0.4, 0.5) is 0 Å². The highest BCUT2D eigenvalue weighted by Crippen LogP contribution is 2.68. The average Bonchev–Trinajstić information content (AvgIpc) is 4.10. The highest BCUT2D eigenvalue weighted by molar-refractivity contribution is 8.12. The minimum atomic E-state index is -0.393. The normalized spacial score (nSPS) is 23.2. The number of ether oxygens (including phenoxy) is 12. The Morgan fingerprint density at radius 2 is 0.821 bits per heavy atom. The summed E-state index contributed by atoms with van der Waals surface area (Å²) in [6.45, 7) is 9.85. The molecule has 0 bridgehead atoms. The molecule has 2 fully saturated rings. The van der Waals surface area contributed by atoms with Crippen LogP contribution in [0.3, 0.4) is 0 Å². The summed E-state index contributed by atoms with van der Waals surface area (Å²) >= 11 is 9.83. The molecule has 4 aromatic rings. The van der Waals surface area contributed by atoms with Crippen LogP contribution in [0, 0.1) is 17.4 Å². The van der Waals surface area contributed by atoms with Crippen LogP contribution in [0.2, 0.25) is 0 Å². The number of hydrogen-bond donors (Lipinski definition) is 0. The maximum atomic E-state index is 6.48. The predicted octanol–water partition coefficient (Wildman–Crippen LogP) is 8.45. The van der Waals surface area contributed by atoms with Crippen molar-refractivity contribution in [3.05, 3.63) is 41.5 Å². The highest BCUT2D eigenvalue weighted by atomic mass is 32.2. The zero-order chi connectivity index (χ0) is 37.1. The SMILES string of the molecule is Cc1sc(C2=C3OCCOC3[C+](c3sc(-c4sc(-c5sc(C6=C7OCCOC7[C+](C)S6)c6c5OCCO6)c5c4OCCO5)c4c3OCCO4)S2)c2c1OCCO2. The lowest BCUT2D eigenvalue weighted by Gasteiger charge is -2.22. The minimum absolute atomic E-state index is 0.167. The fourth-order valence-corrected chi connectivity index (χ4v) is 15.4. The molecule has 0 radical (unpaired) electrons. The van der Waals surface area contributed by atoms with Gasteiger partial charge in [0.1, 0.15) is 87.6 Å². The summed E-state index contributed by atoms with van der Waals surface area (Å²) in [5, 5.41) is 2.14. The van der Waals surface area contributed by atoms with Gasteiger partial charge in [-0.05, 0) is 6.92 Å². The van der Waals surface area contributed by atoms with Gasteiger partial charge in [-0.15, -0.1) is 34.0 Å². The van der Waals surface area contributed by atoms with E-state index in [0.29, 0.717) is 108 Å². The second-order valence-electron chi connectivity index (χ2n) is 13.5. The number of thioether (sulfide) groups is 2. The summed E-state index contributed by atoms with van der Waals surface area (Å²) in [4.78, 5) is 9.64. The van der Waals surface area contributed by atoms with Gasteiger partial charge in [0.05, 0.1) is 49.4 Å². The molecule has 0 spiro atoms. The molecule has 0 aliphatic carbocycles. The van der Waals surface area contributed by atoms with E-state index in [1.54, 1.807) is 68.9 Å². The van der Waals surface area contributed by atoms with Crippen LogP contribution in [0.15, 0.2) is 11.5 Å². The van der Waals surface area contributed by atoms with Gasteiger partial charge < -0.3 is 56.8 Å². The Labute approximate surface area is 345 Å².